The largest absolute Gasteiger partial charge is 0.327 e. The van der Waals surface area contributed by atoms with Gasteiger partial charge in [-0.3, -0.25) is 9.89 Å². The summed E-state index contributed by atoms with van der Waals surface area (Å²) in [5.41, 5.74) is 8.13. The second-order valence-corrected chi connectivity index (χ2v) is 3.26. The number of nitrogens with zero attached hydrogens (tertiary/aromatic N) is 1. The van der Waals surface area contributed by atoms with E-state index >= 15 is 0 Å². The quantitative estimate of drug-likeness (QED) is 0.575. The number of nitrogens with two attached hydrogens (primary N) is 1. The van der Waals surface area contributed by atoms with E-state index in [9.17, 15) is 4.79 Å². The minimum Gasteiger partial charge on any atom is -0.327 e. The zero-order valence-electron chi connectivity index (χ0n) is 6.92. The number of hydrogen-bond donors (Lipinski definition) is 2. The van der Waals surface area contributed by atoms with Gasteiger partial charge in [-0.25, -0.2) is 0 Å². The highest BCUT2D eigenvalue weighted by atomic mass is 16.1. The lowest BCUT2D eigenvalue weighted by Gasteiger charge is -2.15. The van der Waals surface area contributed by atoms with E-state index < -0.39 is 0 Å². The van der Waals surface area contributed by atoms with Crippen molar-refractivity contribution in [2.24, 2.45) is 5.73 Å². The highest BCUT2D eigenvalue weighted by Crippen LogP contribution is 2.20. The number of carbonyl (C=O) groups is 1. The number of aromatic nitrogens is 2. The lowest BCUT2D eigenvalue weighted by atomic mass is 9.91. The van der Waals surface area contributed by atoms with Gasteiger partial charge in [-0.2, -0.15) is 5.10 Å². The van der Waals surface area contributed by atoms with E-state index in [0.29, 0.717) is 12.8 Å². The third kappa shape index (κ3) is 0.956. The molecule has 3 N–H and O–H groups in total. The van der Waals surface area contributed by atoms with E-state index in [4.69, 9.17) is 5.73 Å². The molecule has 0 saturated carbocycles. The van der Waals surface area contributed by atoms with Gasteiger partial charge in [0.1, 0.15) is 0 Å². The molecule has 1 aliphatic carbocycles. The van der Waals surface area contributed by atoms with Gasteiger partial charge in [0, 0.05) is 24.6 Å². The fraction of sp³-hybridized carbons (Fsp3) is 0.500. The monoisotopic (exact) mass is 165 g/mol. The van der Waals surface area contributed by atoms with Crippen molar-refractivity contribution < 1.29 is 4.79 Å². The van der Waals surface area contributed by atoms with E-state index in [1.165, 1.54) is 0 Å². The standard InChI is InChI=1S/C8H11N3O/c1-4-8-6(11-10-4)2-5(9)3-7(8)12/h5H,2-3,9H2,1H3,(H,10,11). The van der Waals surface area contributed by atoms with Gasteiger partial charge in [0.15, 0.2) is 5.78 Å². The van der Waals surface area contributed by atoms with Gasteiger partial charge in [0.25, 0.3) is 0 Å². The Bertz CT molecular complexity index is 329. The van der Waals surface area contributed by atoms with Crippen LogP contribution in [0.5, 0.6) is 0 Å². The average molecular weight is 165 g/mol. The first-order chi connectivity index (χ1) is 5.68. The molecule has 1 aromatic heterocycles. The molecule has 12 heavy (non-hydrogen) atoms. The maximum Gasteiger partial charge on any atom is 0.168 e. The summed E-state index contributed by atoms with van der Waals surface area (Å²) >= 11 is 0. The highest BCUT2D eigenvalue weighted by molar-refractivity contribution is 5.99. The molecule has 0 amide bonds. The lowest BCUT2D eigenvalue weighted by molar-refractivity contribution is 0.0965. The first kappa shape index (κ1) is 7.49. The maximum atomic E-state index is 11.4. The topological polar surface area (TPSA) is 71.8 Å². The number of rotatable bonds is 0. The first-order valence-corrected chi connectivity index (χ1v) is 4.01. The number of hydrogen-bond acceptors (Lipinski definition) is 3. The van der Waals surface area contributed by atoms with Crippen LogP contribution in [0.3, 0.4) is 0 Å². The summed E-state index contributed by atoms with van der Waals surface area (Å²) in [5.74, 6) is 0.120. The van der Waals surface area contributed by atoms with Crippen molar-refractivity contribution in [1.29, 1.82) is 0 Å². The third-order valence-electron chi connectivity index (χ3n) is 2.20. The number of Topliss-reactive ketones (excluding diaryl/α,β-unsaturated/α-hetero) is 1. The number of ketones is 1. The molecular formula is C8H11N3O. The number of carbonyl (C=O) groups excluding carboxylic acids is 1. The fourth-order valence-electron chi connectivity index (χ4n) is 1.66. The van der Waals surface area contributed by atoms with Gasteiger partial charge in [0.2, 0.25) is 0 Å². The van der Waals surface area contributed by atoms with Crippen LogP contribution in [0.4, 0.5) is 0 Å². The van der Waals surface area contributed by atoms with Crippen molar-refractivity contribution in [2.75, 3.05) is 0 Å². The molecule has 0 radical (unpaired) electrons. The average Bonchev–Trinajstić information content (AvgIpc) is 2.31. The van der Waals surface area contributed by atoms with Gasteiger partial charge in [-0.1, -0.05) is 0 Å². The zero-order chi connectivity index (χ0) is 8.72. The molecule has 0 saturated heterocycles. The molecule has 1 heterocycles. The van der Waals surface area contributed by atoms with Crippen LogP contribution in [0, 0.1) is 6.92 Å². The van der Waals surface area contributed by atoms with Crippen molar-refractivity contribution in [3.63, 3.8) is 0 Å². The van der Waals surface area contributed by atoms with Crippen LogP contribution in [0.2, 0.25) is 0 Å². The van der Waals surface area contributed by atoms with E-state index in [-0.39, 0.29) is 11.8 Å². The summed E-state index contributed by atoms with van der Waals surface area (Å²) in [4.78, 5) is 11.4. The van der Waals surface area contributed by atoms with Crippen LogP contribution < -0.4 is 5.73 Å². The molecule has 0 aromatic carbocycles. The summed E-state index contributed by atoms with van der Waals surface area (Å²) in [6, 6.07) is -0.0484. The Kier molecular flexibility index (Phi) is 1.51. The highest BCUT2D eigenvalue weighted by Gasteiger charge is 2.26. The summed E-state index contributed by atoms with van der Waals surface area (Å²) in [7, 11) is 0. The van der Waals surface area contributed by atoms with Crippen molar-refractivity contribution in [1.82, 2.24) is 10.2 Å². The summed E-state index contributed by atoms with van der Waals surface area (Å²) in [6.07, 6.45) is 1.17. The molecule has 4 heteroatoms. The number of nitrogens with one attached hydrogen (secondary N) is 1. The van der Waals surface area contributed by atoms with Crippen LogP contribution in [0.1, 0.15) is 28.2 Å². The van der Waals surface area contributed by atoms with E-state index in [0.717, 1.165) is 17.0 Å². The summed E-state index contributed by atoms with van der Waals surface area (Å²) in [6.45, 7) is 1.86. The van der Waals surface area contributed by atoms with E-state index in [1.54, 1.807) is 0 Å². The van der Waals surface area contributed by atoms with Gasteiger partial charge in [-0.15, -0.1) is 0 Å². The molecule has 1 aromatic rings. The molecule has 64 valence electrons. The molecular weight excluding hydrogens is 154 g/mol. The number of aromatic amines is 1. The number of aryl methyl sites for hydroxylation is 1. The lowest BCUT2D eigenvalue weighted by Crippen LogP contribution is -2.31. The molecule has 4 nitrogen and oxygen atoms in total. The van der Waals surface area contributed by atoms with Crippen molar-refractivity contribution in [3.05, 3.63) is 17.0 Å². The Morgan fingerprint density at radius 2 is 2.33 bits per heavy atom. The zero-order valence-corrected chi connectivity index (χ0v) is 6.92. The van der Waals surface area contributed by atoms with Crippen LogP contribution >= 0.6 is 0 Å². The Labute approximate surface area is 70.1 Å². The van der Waals surface area contributed by atoms with Gasteiger partial charge >= 0.3 is 0 Å². The number of H-pyrrole nitrogens is 1. The van der Waals surface area contributed by atoms with Crippen molar-refractivity contribution in [2.45, 2.75) is 25.8 Å². The van der Waals surface area contributed by atoms with Crippen LogP contribution in [0.25, 0.3) is 0 Å². The molecule has 1 unspecified atom stereocenters. The fourth-order valence-corrected chi connectivity index (χ4v) is 1.66. The summed E-state index contributed by atoms with van der Waals surface area (Å²) < 4.78 is 0. The minimum atomic E-state index is -0.0484. The Hall–Kier alpha value is -1.16. The molecule has 0 aliphatic heterocycles. The smallest absolute Gasteiger partial charge is 0.168 e. The molecule has 1 aliphatic rings. The molecule has 1 atom stereocenters. The third-order valence-corrected chi connectivity index (χ3v) is 2.20. The van der Waals surface area contributed by atoms with Gasteiger partial charge in [-0.05, 0) is 6.92 Å². The van der Waals surface area contributed by atoms with Crippen LogP contribution in [-0.4, -0.2) is 22.0 Å². The Morgan fingerprint density at radius 1 is 1.58 bits per heavy atom. The SMILES string of the molecule is Cc1[nH]nc2c1C(=O)CC(N)C2. The molecule has 0 fully saturated rings. The Balaban J connectivity index is 2.50. The molecule has 0 spiro atoms. The van der Waals surface area contributed by atoms with Gasteiger partial charge in [0.05, 0.1) is 11.3 Å². The van der Waals surface area contributed by atoms with E-state index in [1.807, 2.05) is 6.92 Å². The van der Waals surface area contributed by atoms with Crippen molar-refractivity contribution in [3.8, 4) is 0 Å². The van der Waals surface area contributed by atoms with Gasteiger partial charge < -0.3 is 5.73 Å². The van der Waals surface area contributed by atoms with E-state index in [2.05, 4.69) is 10.2 Å². The van der Waals surface area contributed by atoms with Crippen LogP contribution in [0.15, 0.2) is 0 Å². The van der Waals surface area contributed by atoms with Crippen molar-refractivity contribution >= 4 is 5.78 Å². The minimum absolute atomic E-state index is 0.0484. The normalized spacial score (nSPS) is 22.5. The predicted octanol–water partition coefficient (Wildman–Crippen LogP) is 0.174. The van der Waals surface area contributed by atoms with Crippen LogP contribution in [-0.2, 0) is 6.42 Å². The second kappa shape index (κ2) is 2.42. The first-order valence-electron chi connectivity index (χ1n) is 4.01. The molecule has 0 bridgehead atoms. The Morgan fingerprint density at radius 3 is 3.08 bits per heavy atom. The summed E-state index contributed by atoms with van der Waals surface area (Å²) in [5, 5.41) is 6.83. The predicted molar refractivity (Wildman–Crippen MR) is 44.0 cm³/mol. The number of fused-ring (bicyclic) bond motifs is 1. The molecule has 2 rings (SSSR count). The maximum absolute atomic E-state index is 11.4. The second-order valence-electron chi connectivity index (χ2n) is 3.26.